The van der Waals surface area contributed by atoms with Crippen LogP contribution in [0.15, 0.2) is 34.1 Å². The summed E-state index contributed by atoms with van der Waals surface area (Å²) in [4.78, 5) is 30.1. The summed E-state index contributed by atoms with van der Waals surface area (Å²) in [6.45, 7) is 0. The summed E-state index contributed by atoms with van der Waals surface area (Å²) in [5.74, 6) is -0.799. The van der Waals surface area contributed by atoms with E-state index in [-0.39, 0.29) is 0 Å². The molecule has 19 heteroatoms. The Morgan fingerprint density at radius 3 is 1.35 bits per heavy atom. The predicted octanol–water partition coefficient (Wildman–Crippen LogP) is 1.66. The van der Waals surface area contributed by atoms with Crippen LogP contribution in [-0.4, -0.2) is 56.0 Å². The molecular weight excluding hydrogens is 508 g/mol. The van der Waals surface area contributed by atoms with Crippen LogP contribution < -0.4 is 20.1 Å². The van der Waals surface area contributed by atoms with Crippen LogP contribution in [0, 0.1) is 20.2 Å². The second kappa shape index (κ2) is 9.43. The number of carbonyl (C=O) groups is 1. The van der Waals surface area contributed by atoms with Crippen LogP contribution in [0.2, 0.25) is 0 Å². The summed E-state index contributed by atoms with van der Waals surface area (Å²) in [5.41, 5.74) is -3.07. The minimum Gasteiger partial charge on any atom is -0.494 e. The molecule has 17 nitrogen and oxygen atoms in total. The SMILES string of the molecule is COc1cc([N+](=O)[O-])c(S(=O)(=O)O)cc1NC(=O)Nc1cc(S(=O)(=O)O)c([N+](=O)[O-])cc1OC. The van der Waals surface area contributed by atoms with Crippen LogP contribution in [0.1, 0.15) is 0 Å². The topological polar surface area (TPSA) is 255 Å². The van der Waals surface area contributed by atoms with Gasteiger partial charge in [-0.1, -0.05) is 0 Å². The Balaban J connectivity index is 2.54. The van der Waals surface area contributed by atoms with Gasteiger partial charge in [-0.05, 0) is 12.1 Å². The van der Waals surface area contributed by atoms with Gasteiger partial charge in [0.05, 0.1) is 47.6 Å². The summed E-state index contributed by atoms with van der Waals surface area (Å²) < 4.78 is 74.4. The number of rotatable bonds is 8. The number of ether oxygens (including phenoxy) is 2. The maximum Gasteiger partial charge on any atom is 0.323 e. The Morgan fingerprint density at radius 1 is 0.794 bits per heavy atom. The number of nitro benzene ring substituents is 2. The summed E-state index contributed by atoms with van der Waals surface area (Å²) in [6, 6.07) is 1.05. The van der Waals surface area contributed by atoms with Crippen molar-refractivity contribution in [3.05, 3.63) is 44.5 Å². The second-order valence-corrected chi connectivity index (χ2v) is 8.86. The molecule has 0 spiro atoms. The number of carbonyl (C=O) groups excluding carboxylic acids is 1. The molecule has 0 aliphatic carbocycles. The zero-order valence-corrected chi connectivity index (χ0v) is 18.5. The van der Waals surface area contributed by atoms with Crippen molar-refractivity contribution in [2.75, 3.05) is 24.9 Å². The molecule has 2 aromatic carbocycles. The van der Waals surface area contributed by atoms with Gasteiger partial charge in [0.25, 0.3) is 11.4 Å². The zero-order valence-electron chi connectivity index (χ0n) is 16.9. The molecule has 34 heavy (non-hydrogen) atoms. The number of hydrogen-bond acceptors (Lipinski definition) is 11. The van der Waals surface area contributed by atoms with E-state index in [4.69, 9.17) is 9.47 Å². The fourth-order valence-electron chi connectivity index (χ4n) is 2.61. The summed E-state index contributed by atoms with van der Waals surface area (Å²) in [6.07, 6.45) is 0. The van der Waals surface area contributed by atoms with Crippen molar-refractivity contribution in [3.8, 4) is 11.5 Å². The van der Waals surface area contributed by atoms with E-state index in [2.05, 4.69) is 10.6 Å². The molecule has 0 saturated carbocycles. The Morgan fingerprint density at radius 2 is 1.12 bits per heavy atom. The molecule has 0 aliphatic heterocycles. The molecular formula is C15H14N4O13S2. The Labute approximate surface area is 190 Å². The van der Waals surface area contributed by atoms with E-state index in [1.54, 1.807) is 0 Å². The summed E-state index contributed by atoms with van der Waals surface area (Å²) in [7, 11) is -8.16. The number of amides is 2. The van der Waals surface area contributed by atoms with Gasteiger partial charge in [-0.15, -0.1) is 0 Å². The number of nitro groups is 2. The van der Waals surface area contributed by atoms with E-state index in [1.165, 1.54) is 0 Å². The third kappa shape index (κ3) is 5.64. The predicted molar refractivity (Wildman–Crippen MR) is 112 cm³/mol. The lowest BCUT2D eigenvalue weighted by atomic mass is 10.2. The first-order chi connectivity index (χ1) is 15.6. The highest BCUT2D eigenvalue weighted by molar-refractivity contribution is 7.86. The fraction of sp³-hybridized carbons (Fsp3) is 0.133. The highest BCUT2D eigenvalue weighted by Crippen LogP contribution is 2.37. The van der Waals surface area contributed by atoms with Crippen LogP contribution in [-0.2, 0) is 20.2 Å². The van der Waals surface area contributed by atoms with E-state index in [0.29, 0.717) is 24.3 Å². The smallest absolute Gasteiger partial charge is 0.323 e. The van der Waals surface area contributed by atoms with E-state index < -0.39 is 80.2 Å². The fourth-order valence-corrected chi connectivity index (χ4v) is 3.94. The van der Waals surface area contributed by atoms with Crippen LogP contribution in [0.5, 0.6) is 11.5 Å². The number of anilines is 2. The van der Waals surface area contributed by atoms with Gasteiger partial charge in [0.2, 0.25) is 0 Å². The molecule has 0 heterocycles. The van der Waals surface area contributed by atoms with Crippen LogP contribution in [0.25, 0.3) is 0 Å². The van der Waals surface area contributed by atoms with Gasteiger partial charge in [-0.2, -0.15) is 16.8 Å². The van der Waals surface area contributed by atoms with Crippen LogP contribution in [0.3, 0.4) is 0 Å². The minimum absolute atomic E-state index is 0.400. The molecule has 2 aromatic rings. The highest BCUT2D eigenvalue weighted by Gasteiger charge is 2.29. The zero-order chi connectivity index (χ0) is 26.0. The van der Waals surface area contributed by atoms with E-state index in [1.807, 2.05) is 0 Å². The standard InChI is InChI=1S/C15H14N4O13S2/c1-31-11-5-9(18(21)22)13(33(25,26)27)3-7(11)16-15(20)17-8-4-14(34(28,29)30)10(19(23)24)6-12(8)32-2/h3-6H,1-2H3,(H2,16,17,20)(H,25,26,27)(H,28,29,30). The van der Waals surface area contributed by atoms with Crippen molar-refractivity contribution in [1.29, 1.82) is 0 Å². The van der Waals surface area contributed by atoms with Gasteiger partial charge < -0.3 is 20.1 Å². The lowest BCUT2D eigenvalue weighted by Crippen LogP contribution is -2.21. The highest BCUT2D eigenvalue weighted by atomic mass is 32.2. The van der Waals surface area contributed by atoms with E-state index in [0.717, 1.165) is 14.2 Å². The maximum atomic E-state index is 12.5. The number of benzene rings is 2. The number of nitrogens with zero attached hydrogens (tertiary/aromatic N) is 2. The van der Waals surface area contributed by atoms with Crippen molar-refractivity contribution in [2.45, 2.75) is 9.79 Å². The largest absolute Gasteiger partial charge is 0.494 e. The molecule has 184 valence electrons. The summed E-state index contributed by atoms with van der Waals surface area (Å²) in [5, 5.41) is 26.3. The maximum absolute atomic E-state index is 12.5. The first-order valence-electron chi connectivity index (χ1n) is 8.36. The molecule has 2 rings (SSSR count). The average molecular weight is 522 g/mol. The first-order valence-corrected chi connectivity index (χ1v) is 11.2. The number of urea groups is 1. The molecule has 0 bridgehead atoms. The average Bonchev–Trinajstić information content (AvgIpc) is 2.71. The Bertz CT molecular complexity index is 1300. The first kappa shape index (κ1) is 26.2. The van der Waals surface area contributed by atoms with Gasteiger partial charge in [0.1, 0.15) is 11.5 Å². The monoisotopic (exact) mass is 522 g/mol. The molecule has 4 N–H and O–H groups in total. The molecule has 0 saturated heterocycles. The van der Waals surface area contributed by atoms with Crippen molar-refractivity contribution in [2.24, 2.45) is 0 Å². The Hall–Kier alpha value is -4.07. The lowest BCUT2D eigenvalue weighted by molar-refractivity contribution is -0.388. The van der Waals surface area contributed by atoms with Gasteiger partial charge in [0.15, 0.2) is 9.79 Å². The van der Waals surface area contributed by atoms with Gasteiger partial charge in [-0.25, -0.2) is 4.79 Å². The van der Waals surface area contributed by atoms with Crippen molar-refractivity contribution < 1.29 is 50.1 Å². The minimum atomic E-state index is -5.11. The lowest BCUT2D eigenvalue weighted by Gasteiger charge is -2.14. The molecule has 0 aliphatic rings. The third-order valence-corrected chi connectivity index (χ3v) is 5.77. The number of hydrogen-bond donors (Lipinski definition) is 4. The Kier molecular flexibility index (Phi) is 7.26. The molecule has 0 aromatic heterocycles. The van der Waals surface area contributed by atoms with Gasteiger partial charge in [0, 0.05) is 0 Å². The second-order valence-electron chi connectivity index (χ2n) is 6.08. The molecule has 0 radical (unpaired) electrons. The molecule has 0 unspecified atom stereocenters. The van der Waals surface area contributed by atoms with Crippen LogP contribution >= 0.6 is 0 Å². The summed E-state index contributed by atoms with van der Waals surface area (Å²) >= 11 is 0. The number of nitrogens with one attached hydrogen (secondary N) is 2. The van der Waals surface area contributed by atoms with E-state index >= 15 is 0 Å². The van der Waals surface area contributed by atoms with Crippen molar-refractivity contribution in [1.82, 2.24) is 0 Å². The van der Waals surface area contributed by atoms with Gasteiger partial charge in [-0.3, -0.25) is 29.3 Å². The van der Waals surface area contributed by atoms with E-state index in [9.17, 15) is 51.0 Å². The number of methoxy groups -OCH3 is 2. The van der Waals surface area contributed by atoms with Crippen LogP contribution in [0.4, 0.5) is 27.5 Å². The molecule has 0 fully saturated rings. The van der Waals surface area contributed by atoms with Gasteiger partial charge >= 0.3 is 26.3 Å². The van der Waals surface area contributed by atoms with Crippen molar-refractivity contribution in [3.63, 3.8) is 0 Å². The molecule has 2 amide bonds. The van der Waals surface area contributed by atoms with Crippen molar-refractivity contribution >= 4 is 49.0 Å². The normalized spacial score (nSPS) is 11.4. The third-order valence-electron chi connectivity index (χ3n) is 4.01. The quantitative estimate of drug-likeness (QED) is 0.219. The molecule has 0 atom stereocenters.